The highest BCUT2D eigenvalue weighted by molar-refractivity contribution is 4.90. The maximum atomic E-state index is 5.71. The van der Waals surface area contributed by atoms with Crippen LogP contribution in [0.15, 0.2) is 0 Å². The van der Waals surface area contributed by atoms with E-state index < -0.39 is 0 Å². The molecule has 0 aliphatic heterocycles. The summed E-state index contributed by atoms with van der Waals surface area (Å²) in [7, 11) is 0. The Kier molecular flexibility index (Phi) is 2.09. The lowest BCUT2D eigenvalue weighted by Gasteiger charge is -2.35. The molecule has 0 bridgehead atoms. The van der Waals surface area contributed by atoms with E-state index >= 15 is 0 Å². The number of nitrogens with one attached hydrogen (secondary N) is 1. The van der Waals surface area contributed by atoms with Crippen LogP contribution in [0.3, 0.4) is 0 Å². The number of hydrogen-bond donors (Lipinski definition) is 2. The zero-order chi connectivity index (χ0) is 6.85. The normalized spacial score (nSPS) is 34.7. The Bertz CT molecular complexity index is 90.9. The van der Waals surface area contributed by atoms with E-state index in [-0.39, 0.29) is 0 Å². The van der Waals surface area contributed by atoms with E-state index in [1.807, 2.05) is 0 Å². The van der Waals surface area contributed by atoms with Crippen molar-refractivity contribution < 1.29 is 0 Å². The molecular weight excluding hydrogens is 112 g/mol. The van der Waals surface area contributed by atoms with Crippen molar-refractivity contribution in [1.82, 2.24) is 5.32 Å². The fourth-order valence-electron chi connectivity index (χ4n) is 1.16. The van der Waals surface area contributed by atoms with Gasteiger partial charge in [-0.3, -0.25) is 0 Å². The third-order valence-electron chi connectivity index (χ3n) is 1.88. The Labute approximate surface area is 56.8 Å². The zero-order valence-corrected chi connectivity index (χ0v) is 6.22. The van der Waals surface area contributed by atoms with Crippen molar-refractivity contribution in [3.8, 4) is 0 Å². The van der Waals surface area contributed by atoms with Gasteiger partial charge in [-0.2, -0.15) is 0 Å². The predicted octanol–water partition coefficient (Wildman–Crippen LogP) is 0.474. The minimum absolute atomic E-state index is 0.424. The first-order valence-electron chi connectivity index (χ1n) is 3.72. The number of nitrogens with two attached hydrogens (primary N) is 1. The van der Waals surface area contributed by atoms with Crippen LogP contribution in [0.5, 0.6) is 0 Å². The largest absolute Gasteiger partial charge is 0.326 e. The first-order valence-corrected chi connectivity index (χ1v) is 3.72. The Morgan fingerprint density at radius 1 is 1.44 bits per heavy atom. The van der Waals surface area contributed by atoms with Crippen molar-refractivity contribution in [2.24, 2.45) is 5.73 Å². The molecule has 1 aliphatic carbocycles. The van der Waals surface area contributed by atoms with E-state index in [4.69, 9.17) is 5.73 Å². The summed E-state index contributed by atoms with van der Waals surface area (Å²) in [6.07, 6.45) is 2.46. The topological polar surface area (TPSA) is 38.0 Å². The van der Waals surface area contributed by atoms with E-state index in [1.54, 1.807) is 0 Å². The van der Waals surface area contributed by atoms with Crippen molar-refractivity contribution >= 4 is 0 Å². The van der Waals surface area contributed by atoms with Gasteiger partial charge in [0.2, 0.25) is 0 Å². The average Bonchev–Trinajstić information content (AvgIpc) is 1.79. The third kappa shape index (κ3) is 1.66. The van der Waals surface area contributed by atoms with Gasteiger partial charge in [0.05, 0.1) is 0 Å². The summed E-state index contributed by atoms with van der Waals surface area (Å²) >= 11 is 0. The molecule has 0 aromatic heterocycles. The molecule has 0 heterocycles. The Morgan fingerprint density at radius 3 is 2.22 bits per heavy atom. The van der Waals surface area contributed by atoms with Crippen LogP contribution in [0, 0.1) is 0 Å². The summed E-state index contributed by atoms with van der Waals surface area (Å²) in [4.78, 5) is 0. The average molecular weight is 128 g/mol. The lowest BCUT2D eigenvalue weighted by atomic mass is 9.87. The van der Waals surface area contributed by atoms with Crippen molar-refractivity contribution in [1.29, 1.82) is 0 Å². The van der Waals surface area contributed by atoms with Crippen LogP contribution in [0.1, 0.15) is 26.7 Å². The Balaban J connectivity index is 2.13. The van der Waals surface area contributed by atoms with E-state index in [9.17, 15) is 0 Å². The van der Waals surface area contributed by atoms with Crippen molar-refractivity contribution in [3.63, 3.8) is 0 Å². The van der Waals surface area contributed by atoms with Crippen molar-refractivity contribution in [2.45, 2.75) is 44.8 Å². The van der Waals surface area contributed by atoms with Gasteiger partial charge in [0.25, 0.3) is 0 Å². The molecule has 2 heteroatoms. The minimum Gasteiger partial charge on any atom is -0.326 e. The summed E-state index contributed by atoms with van der Waals surface area (Å²) in [5, 5.41) is 3.40. The molecule has 1 saturated carbocycles. The summed E-state index contributed by atoms with van der Waals surface area (Å²) in [5.74, 6) is 0. The number of rotatable bonds is 2. The highest BCUT2D eigenvalue weighted by atomic mass is 15.0. The van der Waals surface area contributed by atoms with E-state index in [0.29, 0.717) is 18.1 Å². The monoisotopic (exact) mass is 128 g/mol. The third-order valence-corrected chi connectivity index (χ3v) is 1.88. The quantitative estimate of drug-likeness (QED) is 0.567. The van der Waals surface area contributed by atoms with Crippen LogP contribution in [-0.2, 0) is 0 Å². The fourth-order valence-corrected chi connectivity index (χ4v) is 1.16. The van der Waals surface area contributed by atoms with Crippen LogP contribution in [0.2, 0.25) is 0 Å². The fraction of sp³-hybridized carbons (Fsp3) is 1.00. The Hall–Kier alpha value is -0.0800. The molecule has 2 atom stereocenters. The molecular formula is C7H16N2. The highest BCUT2D eigenvalue weighted by Crippen LogP contribution is 2.17. The standard InChI is InChI=1S/C7H16N2/c1-5(2)9-7-4-3-6(7)8/h5-7,9H,3-4,8H2,1-2H3/t6?,7-/m1/s1. The second-order valence-electron chi connectivity index (χ2n) is 3.17. The molecule has 9 heavy (non-hydrogen) atoms. The van der Waals surface area contributed by atoms with Gasteiger partial charge in [0.1, 0.15) is 0 Å². The van der Waals surface area contributed by atoms with Gasteiger partial charge in [0, 0.05) is 18.1 Å². The van der Waals surface area contributed by atoms with Gasteiger partial charge < -0.3 is 11.1 Å². The maximum Gasteiger partial charge on any atom is 0.0222 e. The molecule has 0 saturated heterocycles. The minimum atomic E-state index is 0.424. The van der Waals surface area contributed by atoms with Crippen LogP contribution in [0.4, 0.5) is 0 Å². The molecule has 0 spiro atoms. The molecule has 3 N–H and O–H groups in total. The second-order valence-corrected chi connectivity index (χ2v) is 3.17. The van der Waals surface area contributed by atoms with Gasteiger partial charge >= 0.3 is 0 Å². The first kappa shape index (κ1) is 7.03. The molecule has 0 amide bonds. The van der Waals surface area contributed by atoms with Gasteiger partial charge in [-0.15, -0.1) is 0 Å². The summed E-state index contributed by atoms with van der Waals surface area (Å²) in [6.45, 7) is 4.32. The van der Waals surface area contributed by atoms with Crippen LogP contribution in [-0.4, -0.2) is 18.1 Å². The smallest absolute Gasteiger partial charge is 0.0222 e. The van der Waals surface area contributed by atoms with E-state index in [2.05, 4.69) is 19.2 Å². The van der Waals surface area contributed by atoms with Gasteiger partial charge in [-0.1, -0.05) is 13.8 Å². The Morgan fingerprint density at radius 2 is 2.11 bits per heavy atom. The van der Waals surface area contributed by atoms with Crippen LogP contribution < -0.4 is 11.1 Å². The molecule has 54 valence electrons. The van der Waals surface area contributed by atoms with Crippen LogP contribution in [0.25, 0.3) is 0 Å². The maximum absolute atomic E-state index is 5.71. The molecule has 0 aromatic rings. The molecule has 0 radical (unpaired) electrons. The van der Waals surface area contributed by atoms with Gasteiger partial charge in [-0.25, -0.2) is 0 Å². The zero-order valence-electron chi connectivity index (χ0n) is 6.22. The van der Waals surface area contributed by atoms with Gasteiger partial charge in [0.15, 0.2) is 0 Å². The van der Waals surface area contributed by atoms with Gasteiger partial charge in [-0.05, 0) is 12.8 Å². The molecule has 1 rings (SSSR count). The summed E-state index contributed by atoms with van der Waals surface area (Å²) < 4.78 is 0. The lowest BCUT2D eigenvalue weighted by molar-refractivity contribution is 0.269. The summed E-state index contributed by atoms with van der Waals surface area (Å²) in [6, 6.07) is 1.61. The van der Waals surface area contributed by atoms with Crippen molar-refractivity contribution in [3.05, 3.63) is 0 Å². The first-order chi connectivity index (χ1) is 4.20. The van der Waals surface area contributed by atoms with Crippen LogP contribution >= 0.6 is 0 Å². The van der Waals surface area contributed by atoms with Crippen molar-refractivity contribution in [2.75, 3.05) is 0 Å². The lowest BCUT2D eigenvalue weighted by Crippen LogP contribution is -2.54. The number of hydrogen-bond acceptors (Lipinski definition) is 2. The predicted molar refractivity (Wildman–Crippen MR) is 39.3 cm³/mol. The molecule has 1 unspecified atom stereocenters. The second kappa shape index (κ2) is 2.67. The van der Waals surface area contributed by atoms with E-state index in [1.165, 1.54) is 12.8 Å². The molecule has 1 fully saturated rings. The van der Waals surface area contributed by atoms with E-state index in [0.717, 1.165) is 0 Å². The SMILES string of the molecule is CC(C)N[C@@H]1CCC1N. The summed E-state index contributed by atoms with van der Waals surface area (Å²) in [5.41, 5.74) is 5.71. The molecule has 1 aliphatic rings. The highest BCUT2D eigenvalue weighted by Gasteiger charge is 2.26. The molecule has 0 aromatic carbocycles. The molecule has 2 nitrogen and oxygen atoms in total.